The molecule has 1 saturated heterocycles. The van der Waals surface area contributed by atoms with E-state index < -0.39 is 0 Å². The predicted molar refractivity (Wildman–Crippen MR) is 87.9 cm³/mol. The van der Waals surface area contributed by atoms with Gasteiger partial charge in [-0.05, 0) is 0 Å². The van der Waals surface area contributed by atoms with Crippen molar-refractivity contribution in [3.05, 3.63) is 17.2 Å². The number of hydrogen-bond donors (Lipinski definition) is 2. The molecule has 2 unspecified atom stereocenters. The van der Waals surface area contributed by atoms with Crippen LogP contribution in [0.4, 0.5) is 5.69 Å². The van der Waals surface area contributed by atoms with Gasteiger partial charge >= 0.3 is 140 Å². The Hall–Kier alpha value is -1.23. The number of hydrazone groups is 1. The molecule has 1 aromatic carbocycles. The maximum atomic E-state index is 11.9. The molecular weight excluding hydrogens is 367 g/mol. The molecule has 0 aromatic heterocycles. The normalized spacial score (nSPS) is 24.3. The summed E-state index contributed by atoms with van der Waals surface area (Å²) in [5.41, 5.74) is 3.44. The first-order valence-electron chi connectivity index (χ1n) is 7.23. The summed E-state index contributed by atoms with van der Waals surface area (Å²) in [6, 6.07) is 3.69. The fourth-order valence-electron chi connectivity index (χ4n) is 2.77. The first-order valence-corrected chi connectivity index (χ1v) is 9.86. The van der Waals surface area contributed by atoms with Gasteiger partial charge in [-0.3, -0.25) is 0 Å². The van der Waals surface area contributed by atoms with E-state index in [1.54, 1.807) is 0 Å². The number of halogens is 1. The van der Waals surface area contributed by atoms with Gasteiger partial charge < -0.3 is 0 Å². The van der Waals surface area contributed by atoms with Crippen LogP contribution in [-0.4, -0.2) is 53.2 Å². The number of carbonyl (C=O) groups excluding carboxylic acids is 1. The number of hydrogen-bond acceptors (Lipinski definition) is 5. The second-order valence-corrected chi connectivity index (χ2v) is 9.49. The molecule has 116 valence electrons. The second kappa shape index (κ2) is 5.44. The summed E-state index contributed by atoms with van der Waals surface area (Å²) in [5, 5.41) is 8.19. The zero-order valence-electron chi connectivity index (χ0n) is 12.0. The van der Waals surface area contributed by atoms with E-state index in [0.29, 0.717) is 6.61 Å². The van der Waals surface area contributed by atoms with E-state index in [4.69, 9.17) is 16.3 Å². The fourth-order valence-corrected chi connectivity index (χ4v) is 6.06. The van der Waals surface area contributed by atoms with Crippen molar-refractivity contribution >= 4 is 49.1 Å². The molecule has 0 bridgehead atoms. The molecule has 4 rings (SSSR count). The number of anilines is 1. The van der Waals surface area contributed by atoms with Gasteiger partial charge in [0.15, 0.2) is 0 Å². The molecule has 2 atom stereocenters. The van der Waals surface area contributed by atoms with Gasteiger partial charge in [0.25, 0.3) is 0 Å². The van der Waals surface area contributed by atoms with Gasteiger partial charge in [0, 0.05) is 0 Å². The number of amides is 1. The number of ether oxygens (including phenoxy) is 1. The topological polar surface area (TPSA) is 66.0 Å². The van der Waals surface area contributed by atoms with E-state index in [9.17, 15) is 4.79 Å². The maximum absolute atomic E-state index is 11.9. The summed E-state index contributed by atoms with van der Waals surface area (Å²) in [5.74, 6) is 1.36. The first-order chi connectivity index (χ1) is 10.6. The van der Waals surface area contributed by atoms with Crippen molar-refractivity contribution in [3.63, 3.8) is 0 Å². The van der Waals surface area contributed by atoms with Gasteiger partial charge in [-0.1, -0.05) is 0 Å². The van der Waals surface area contributed by atoms with E-state index in [1.165, 1.54) is 4.35 Å². The number of nitrogens with one attached hydrogen (secondary N) is 2. The average Bonchev–Trinajstić information content (AvgIpc) is 2.46. The minimum absolute atomic E-state index is 0.104. The molecule has 3 aliphatic rings. The van der Waals surface area contributed by atoms with Crippen molar-refractivity contribution in [2.24, 2.45) is 5.10 Å². The molecular formula is C14H16AsClN4O2. The van der Waals surface area contributed by atoms with Crippen LogP contribution in [0.3, 0.4) is 0 Å². The van der Waals surface area contributed by atoms with Gasteiger partial charge in [-0.15, -0.1) is 0 Å². The second-order valence-electron chi connectivity index (χ2n) is 5.64. The zero-order valence-corrected chi connectivity index (χ0v) is 14.9. The van der Waals surface area contributed by atoms with Crippen molar-refractivity contribution < 1.29 is 9.53 Å². The summed E-state index contributed by atoms with van der Waals surface area (Å²) in [6.45, 7) is 4.38. The van der Waals surface area contributed by atoms with Crippen molar-refractivity contribution in [1.29, 1.82) is 0 Å². The Bertz CT molecular complexity index is 677. The molecule has 22 heavy (non-hydrogen) atoms. The van der Waals surface area contributed by atoms with Gasteiger partial charge in [0.2, 0.25) is 0 Å². The predicted octanol–water partition coefficient (Wildman–Crippen LogP) is -0.176. The molecule has 1 amide bonds. The van der Waals surface area contributed by atoms with Crippen LogP contribution in [0.5, 0.6) is 5.75 Å². The van der Waals surface area contributed by atoms with Crippen LogP contribution in [-0.2, 0) is 4.79 Å². The van der Waals surface area contributed by atoms with Gasteiger partial charge in [-0.25, -0.2) is 0 Å². The summed E-state index contributed by atoms with van der Waals surface area (Å²) < 4.78 is 7.71. The monoisotopic (exact) mass is 382 g/mol. The molecule has 1 fully saturated rings. The van der Waals surface area contributed by atoms with Crippen LogP contribution >= 0.6 is 11.6 Å². The van der Waals surface area contributed by atoms with E-state index in [-0.39, 0.29) is 27.7 Å². The van der Waals surface area contributed by atoms with Crippen LogP contribution in [0.1, 0.15) is 6.92 Å². The molecule has 3 aliphatic heterocycles. The Morgan fingerprint density at radius 2 is 2.27 bits per heavy atom. The molecule has 1 aromatic rings. The van der Waals surface area contributed by atoms with Crippen molar-refractivity contribution in [3.8, 4) is 5.75 Å². The average molecular weight is 383 g/mol. The molecule has 3 heterocycles. The van der Waals surface area contributed by atoms with Gasteiger partial charge in [-0.2, -0.15) is 0 Å². The number of amidine groups is 1. The Kier molecular flexibility index (Phi) is 3.55. The molecule has 0 spiro atoms. The third-order valence-corrected chi connectivity index (χ3v) is 8.02. The van der Waals surface area contributed by atoms with Gasteiger partial charge in [0.05, 0.1) is 0 Å². The summed E-state index contributed by atoms with van der Waals surface area (Å²) >= 11 is 6.12. The Balaban J connectivity index is 1.74. The zero-order chi connectivity index (χ0) is 15.3. The summed E-state index contributed by atoms with van der Waals surface area (Å²) in [4.78, 5) is 13.9. The molecule has 0 radical (unpaired) electrons. The number of rotatable bonds is 2. The summed E-state index contributed by atoms with van der Waals surface area (Å²) in [6.07, 6.45) is 0. The van der Waals surface area contributed by atoms with Crippen LogP contribution in [0.2, 0.25) is 9.73 Å². The summed E-state index contributed by atoms with van der Waals surface area (Å²) in [7, 11) is 0. The van der Waals surface area contributed by atoms with E-state index in [2.05, 4.69) is 21.9 Å². The number of benzene rings is 1. The van der Waals surface area contributed by atoms with E-state index >= 15 is 0 Å². The van der Waals surface area contributed by atoms with Crippen LogP contribution in [0.25, 0.3) is 0 Å². The van der Waals surface area contributed by atoms with E-state index in [0.717, 1.165) is 40.1 Å². The minimum atomic E-state index is -0.305. The van der Waals surface area contributed by atoms with Crippen LogP contribution < -0.4 is 24.7 Å². The van der Waals surface area contributed by atoms with Crippen molar-refractivity contribution in [2.45, 2.75) is 17.7 Å². The Labute approximate surface area is 139 Å². The number of fused-ring (bicyclic) bond motifs is 3. The fraction of sp³-hybridized carbons (Fsp3) is 0.429. The van der Waals surface area contributed by atoms with Crippen molar-refractivity contribution in [1.82, 2.24) is 10.7 Å². The first kappa shape index (κ1) is 14.4. The van der Waals surface area contributed by atoms with E-state index in [1.807, 2.05) is 17.9 Å². The quantitative estimate of drug-likeness (QED) is 0.697. The molecule has 6 nitrogen and oxygen atoms in total. The van der Waals surface area contributed by atoms with Gasteiger partial charge in [0.1, 0.15) is 0 Å². The van der Waals surface area contributed by atoms with Crippen LogP contribution in [0, 0.1) is 0 Å². The third-order valence-electron chi connectivity index (χ3n) is 4.15. The third kappa shape index (κ3) is 2.30. The Morgan fingerprint density at radius 1 is 1.45 bits per heavy atom. The molecule has 8 heteroatoms. The SMILES string of the molecule is CC1C(=O)NN=C2COc3cc(Cl)c([AsH]C4CNC4)cc3N21. The standard InChI is InChI=1S/C14H16AsClN4O2/c1-7-14(21)19-18-13-6-22-12-3-10(16)9(2-11(12)20(7)13)15-8-4-17-5-8/h2-3,7-8,15,17H,4-6H2,1H3,(H,19,21). The molecule has 2 N–H and O–H groups in total. The van der Waals surface area contributed by atoms with Crippen molar-refractivity contribution in [2.75, 3.05) is 24.6 Å². The van der Waals surface area contributed by atoms with Crippen LogP contribution in [0.15, 0.2) is 17.2 Å². The number of nitrogens with zero attached hydrogens (tertiary/aromatic N) is 2. The molecule has 0 aliphatic carbocycles. The number of carbonyl (C=O) groups is 1. The Morgan fingerprint density at radius 3 is 3.00 bits per heavy atom. The molecule has 0 saturated carbocycles.